The number of primary amides is 1. The van der Waals surface area contributed by atoms with Gasteiger partial charge in [0, 0.05) is 16.8 Å². The first kappa shape index (κ1) is 13.7. The number of amides is 2. The third kappa shape index (κ3) is 3.00. The summed E-state index contributed by atoms with van der Waals surface area (Å²) in [6.07, 6.45) is 0. The van der Waals surface area contributed by atoms with E-state index in [0.29, 0.717) is 16.8 Å². The lowest BCUT2D eigenvalue weighted by Gasteiger charge is -2.09. The minimum Gasteiger partial charge on any atom is -0.366 e. The van der Waals surface area contributed by atoms with Gasteiger partial charge in [-0.3, -0.25) is 9.59 Å². The van der Waals surface area contributed by atoms with Crippen LogP contribution in [0, 0.1) is 12.7 Å². The summed E-state index contributed by atoms with van der Waals surface area (Å²) in [5.41, 5.74) is 7.13. The number of hydrogen-bond acceptors (Lipinski definition) is 2. The second-order valence-electron chi connectivity index (χ2n) is 4.35. The van der Waals surface area contributed by atoms with E-state index in [2.05, 4.69) is 5.32 Å². The van der Waals surface area contributed by atoms with Crippen LogP contribution in [-0.2, 0) is 0 Å². The van der Waals surface area contributed by atoms with Gasteiger partial charge in [0.25, 0.3) is 5.91 Å². The largest absolute Gasteiger partial charge is 0.366 e. The van der Waals surface area contributed by atoms with Crippen LogP contribution >= 0.6 is 0 Å². The molecular weight excluding hydrogens is 259 g/mol. The molecule has 20 heavy (non-hydrogen) atoms. The highest BCUT2D eigenvalue weighted by Crippen LogP contribution is 2.18. The predicted octanol–water partition coefficient (Wildman–Crippen LogP) is 2.49. The Morgan fingerprint density at radius 3 is 2.25 bits per heavy atom. The Bertz CT molecular complexity index is 666. The van der Waals surface area contributed by atoms with E-state index < -0.39 is 11.7 Å². The van der Waals surface area contributed by atoms with Crippen molar-refractivity contribution in [3.8, 4) is 0 Å². The van der Waals surface area contributed by atoms with Gasteiger partial charge in [-0.2, -0.15) is 0 Å². The zero-order valence-corrected chi connectivity index (χ0v) is 10.8. The summed E-state index contributed by atoms with van der Waals surface area (Å²) in [5, 5.41) is 2.67. The molecule has 0 bridgehead atoms. The highest BCUT2D eigenvalue weighted by Gasteiger charge is 2.10. The monoisotopic (exact) mass is 272 g/mol. The summed E-state index contributed by atoms with van der Waals surface area (Å²) >= 11 is 0. The molecule has 0 spiro atoms. The van der Waals surface area contributed by atoms with Gasteiger partial charge in [-0.05, 0) is 48.9 Å². The molecule has 0 atom stereocenters. The van der Waals surface area contributed by atoms with Crippen LogP contribution in [0.2, 0.25) is 0 Å². The lowest BCUT2D eigenvalue weighted by atomic mass is 10.1. The highest BCUT2D eigenvalue weighted by atomic mass is 19.1. The van der Waals surface area contributed by atoms with Gasteiger partial charge < -0.3 is 11.1 Å². The summed E-state index contributed by atoms with van der Waals surface area (Å²) in [5.74, 6) is -1.36. The molecule has 102 valence electrons. The van der Waals surface area contributed by atoms with Crippen molar-refractivity contribution in [1.82, 2.24) is 0 Å². The van der Waals surface area contributed by atoms with Crippen molar-refractivity contribution in [3.63, 3.8) is 0 Å². The Morgan fingerprint density at radius 2 is 1.65 bits per heavy atom. The summed E-state index contributed by atoms with van der Waals surface area (Å²) in [7, 11) is 0. The number of nitrogens with one attached hydrogen (secondary N) is 1. The molecule has 0 saturated carbocycles. The number of halogens is 1. The van der Waals surface area contributed by atoms with Crippen LogP contribution in [0.3, 0.4) is 0 Å². The fourth-order valence-corrected chi connectivity index (χ4v) is 1.71. The Kier molecular flexibility index (Phi) is 3.79. The number of carbonyl (C=O) groups excluding carboxylic acids is 2. The molecule has 2 amide bonds. The van der Waals surface area contributed by atoms with Crippen LogP contribution in [0.4, 0.5) is 10.1 Å². The third-order valence-electron chi connectivity index (χ3n) is 2.88. The van der Waals surface area contributed by atoms with Gasteiger partial charge in [0.2, 0.25) is 5.91 Å². The molecule has 0 aliphatic carbocycles. The van der Waals surface area contributed by atoms with Crippen molar-refractivity contribution in [2.24, 2.45) is 5.73 Å². The molecule has 2 rings (SSSR count). The third-order valence-corrected chi connectivity index (χ3v) is 2.88. The van der Waals surface area contributed by atoms with Gasteiger partial charge >= 0.3 is 0 Å². The maximum absolute atomic E-state index is 12.8. The van der Waals surface area contributed by atoms with E-state index in [-0.39, 0.29) is 5.91 Å². The molecule has 0 radical (unpaired) electrons. The summed E-state index contributed by atoms with van der Waals surface area (Å²) in [6.45, 7) is 1.80. The Labute approximate surface area is 115 Å². The molecule has 0 aromatic heterocycles. The lowest BCUT2D eigenvalue weighted by molar-refractivity contribution is 0.0996. The maximum atomic E-state index is 12.8. The number of rotatable bonds is 3. The molecule has 0 aliphatic heterocycles. The van der Waals surface area contributed by atoms with Gasteiger partial charge in [0.15, 0.2) is 0 Å². The minimum absolute atomic E-state index is 0.310. The molecule has 0 aliphatic rings. The van der Waals surface area contributed by atoms with E-state index in [0.717, 1.165) is 5.56 Å². The van der Waals surface area contributed by atoms with Crippen LogP contribution in [0.5, 0.6) is 0 Å². The van der Waals surface area contributed by atoms with Crippen LogP contribution in [-0.4, -0.2) is 11.8 Å². The zero-order valence-electron chi connectivity index (χ0n) is 10.8. The number of anilines is 1. The van der Waals surface area contributed by atoms with Gasteiger partial charge in [-0.1, -0.05) is 6.07 Å². The zero-order chi connectivity index (χ0) is 14.7. The van der Waals surface area contributed by atoms with E-state index in [9.17, 15) is 14.0 Å². The van der Waals surface area contributed by atoms with Crippen molar-refractivity contribution in [1.29, 1.82) is 0 Å². The normalized spacial score (nSPS) is 10.1. The maximum Gasteiger partial charge on any atom is 0.255 e. The summed E-state index contributed by atoms with van der Waals surface area (Å²) in [6, 6.07) is 9.99. The number of carbonyl (C=O) groups is 2. The molecule has 4 nitrogen and oxygen atoms in total. The van der Waals surface area contributed by atoms with Crippen LogP contribution in [0.25, 0.3) is 0 Å². The van der Waals surface area contributed by atoms with E-state index in [4.69, 9.17) is 5.73 Å². The van der Waals surface area contributed by atoms with E-state index in [1.165, 1.54) is 30.3 Å². The highest BCUT2D eigenvalue weighted by molar-refractivity contribution is 6.05. The topological polar surface area (TPSA) is 72.2 Å². The molecule has 0 saturated heterocycles. The first-order valence-corrected chi connectivity index (χ1v) is 5.95. The molecular formula is C15H13FN2O2. The van der Waals surface area contributed by atoms with Crippen LogP contribution < -0.4 is 11.1 Å². The van der Waals surface area contributed by atoms with Gasteiger partial charge in [-0.15, -0.1) is 0 Å². The Hall–Kier alpha value is -2.69. The first-order valence-electron chi connectivity index (χ1n) is 5.95. The quantitative estimate of drug-likeness (QED) is 0.901. The SMILES string of the molecule is Cc1ccc(C(N)=O)cc1NC(=O)c1ccc(F)cc1. The van der Waals surface area contributed by atoms with Crippen molar-refractivity contribution < 1.29 is 14.0 Å². The van der Waals surface area contributed by atoms with E-state index in [1.807, 2.05) is 0 Å². The van der Waals surface area contributed by atoms with Crippen molar-refractivity contribution >= 4 is 17.5 Å². The standard InChI is InChI=1S/C15H13FN2O2/c1-9-2-3-11(14(17)19)8-13(9)18-15(20)10-4-6-12(16)7-5-10/h2-8H,1H3,(H2,17,19)(H,18,20). The van der Waals surface area contributed by atoms with Gasteiger partial charge in [0.05, 0.1) is 0 Å². The second kappa shape index (κ2) is 5.52. The number of aryl methyl sites for hydroxylation is 1. The predicted molar refractivity (Wildman–Crippen MR) is 74.1 cm³/mol. The average molecular weight is 272 g/mol. The fourth-order valence-electron chi connectivity index (χ4n) is 1.71. The molecule has 0 unspecified atom stereocenters. The number of hydrogen-bond donors (Lipinski definition) is 2. The summed E-state index contributed by atoms with van der Waals surface area (Å²) < 4.78 is 12.8. The van der Waals surface area contributed by atoms with E-state index in [1.54, 1.807) is 19.1 Å². The number of benzene rings is 2. The van der Waals surface area contributed by atoms with Crippen molar-refractivity contribution in [3.05, 3.63) is 65.0 Å². The molecule has 0 fully saturated rings. The summed E-state index contributed by atoms with van der Waals surface area (Å²) in [4.78, 5) is 23.1. The molecule has 2 aromatic carbocycles. The molecule has 2 aromatic rings. The molecule has 5 heteroatoms. The molecule has 0 heterocycles. The Morgan fingerprint density at radius 1 is 1.05 bits per heavy atom. The first-order chi connectivity index (χ1) is 9.47. The Balaban J connectivity index is 2.25. The average Bonchev–Trinajstić information content (AvgIpc) is 2.41. The van der Waals surface area contributed by atoms with E-state index >= 15 is 0 Å². The van der Waals surface area contributed by atoms with Crippen molar-refractivity contribution in [2.75, 3.05) is 5.32 Å². The molecule has 3 N–H and O–H groups in total. The lowest BCUT2D eigenvalue weighted by Crippen LogP contribution is -2.15. The van der Waals surface area contributed by atoms with Gasteiger partial charge in [0.1, 0.15) is 5.82 Å². The van der Waals surface area contributed by atoms with Crippen LogP contribution in [0.15, 0.2) is 42.5 Å². The number of nitrogens with two attached hydrogens (primary N) is 1. The van der Waals surface area contributed by atoms with Gasteiger partial charge in [-0.25, -0.2) is 4.39 Å². The second-order valence-corrected chi connectivity index (χ2v) is 4.35. The fraction of sp³-hybridized carbons (Fsp3) is 0.0667. The van der Waals surface area contributed by atoms with Crippen molar-refractivity contribution in [2.45, 2.75) is 6.92 Å². The van der Waals surface area contributed by atoms with Crippen LogP contribution in [0.1, 0.15) is 26.3 Å². The minimum atomic E-state index is -0.567. The smallest absolute Gasteiger partial charge is 0.255 e.